The van der Waals surface area contributed by atoms with E-state index < -0.39 is 0 Å². The van der Waals surface area contributed by atoms with Crippen LogP contribution >= 0.6 is 0 Å². The Hall–Kier alpha value is -1.51. The fourth-order valence-corrected chi connectivity index (χ4v) is 1.09. The van der Waals surface area contributed by atoms with Crippen molar-refractivity contribution in [1.82, 2.24) is 5.32 Å². The molecule has 0 heterocycles. The number of carbonyl (C=O) groups excluding carboxylic acids is 1. The number of nitrogens with one attached hydrogen (secondary N) is 1. The van der Waals surface area contributed by atoms with Crippen LogP contribution in [-0.2, 0) is 4.79 Å². The Kier molecular flexibility index (Phi) is 3.31. The number of benzene rings is 1. The van der Waals surface area contributed by atoms with E-state index in [1.807, 2.05) is 31.2 Å². The lowest BCUT2D eigenvalue weighted by molar-refractivity contribution is -0.110. The molecule has 0 bridgehead atoms. The summed E-state index contributed by atoms with van der Waals surface area (Å²) in [7, 11) is 1.63. The van der Waals surface area contributed by atoms with Crippen molar-refractivity contribution in [2.45, 2.75) is 13.0 Å². The number of hydrogen-bond acceptors (Lipinski definition) is 2. The van der Waals surface area contributed by atoms with Gasteiger partial charge in [0, 0.05) is 0 Å². The fraction of sp³-hybridized carbons (Fsp3) is 0.300. The first-order chi connectivity index (χ1) is 6.27. The third-order valence-corrected chi connectivity index (χ3v) is 1.93. The van der Waals surface area contributed by atoms with E-state index in [-0.39, 0.29) is 6.04 Å². The van der Waals surface area contributed by atoms with Crippen molar-refractivity contribution in [2.24, 2.45) is 0 Å². The molecule has 3 nitrogen and oxygen atoms in total. The average molecular weight is 179 g/mol. The molecule has 0 aliphatic rings. The highest BCUT2D eigenvalue weighted by Gasteiger charge is 2.02. The van der Waals surface area contributed by atoms with E-state index in [4.69, 9.17) is 4.74 Å². The van der Waals surface area contributed by atoms with Crippen molar-refractivity contribution < 1.29 is 9.53 Å². The quantitative estimate of drug-likeness (QED) is 0.711. The van der Waals surface area contributed by atoms with Crippen LogP contribution < -0.4 is 10.1 Å². The summed E-state index contributed by atoms with van der Waals surface area (Å²) >= 11 is 0. The van der Waals surface area contributed by atoms with Gasteiger partial charge in [0.05, 0.1) is 13.2 Å². The van der Waals surface area contributed by atoms with Crippen molar-refractivity contribution in [1.29, 1.82) is 0 Å². The third-order valence-electron chi connectivity index (χ3n) is 1.93. The minimum Gasteiger partial charge on any atom is -0.497 e. The zero-order valence-electron chi connectivity index (χ0n) is 7.78. The van der Waals surface area contributed by atoms with Gasteiger partial charge < -0.3 is 10.1 Å². The van der Waals surface area contributed by atoms with E-state index in [2.05, 4.69) is 5.32 Å². The van der Waals surface area contributed by atoms with E-state index in [0.717, 1.165) is 11.3 Å². The maximum absolute atomic E-state index is 10.2. The molecular formula is C10H13NO2. The highest BCUT2D eigenvalue weighted by molar-refractivity contribution is 5.47. The number of amides is 1. The summed E-state index contributed by atoms with van der Waals surface area (Å²) in [5, 5.41) is 2.68. The molecule has 1 aromatic rings. The zero-order chi connectivity index (χ0) is 9.68. The van der Waals surface area contributed by atoms with Crippen LogP contribution in [0.2, 0.25) is 0 Å². The van der Waals surface area contributed by atoms with E-state index in [0.29, 0.717) is 6.41 Å². The fourth-order valence-electron chi connectivity index (χ4n) is 1.09. The van der Waals surface area contributed by atoms with Crippen LogP contribution in [0.15, 0.2) is 24.3 Å². The number of hydrogen-bond donors (Lipinski definition) is 1. The molecule has 3 heteroatoms. The Morgan fingerprint density at radius 2 is 2.00 bits per heavy atom. The second-order valence-electron chi connectivity index (χ2n) is 2.78. The monoisotopic (exact) mass is 179 g/mol. The van der Waals surface area contributed by atoms with Crippen LogP contribution in [0.25, 0.3) is 0 Å². The van der Waals surface area contributed by atoms with Gasteiger partial charge in [0.15, 0.2) is 0 Å². The van der Waals surface area contributed by atoms with Gasteiger partial charge in [-0.05, 0) is 24.6 Å². The molecule has 0 aliphatic heterocycles. The second-order valence-corrected chi connectivity index (χ2v) is 2.78. The molecule has 0 unspecified atom stereocenters. The number of ether oxygens (including phenoxy) is 1. The second kappa shape index (κ2) is 4.50. The maximum Gasteiger partial charge on any atom is 0.207 e. The average Bonchev–Trinajstić information content (AvgIpc) is 2.18. The Morgan fingerprint density at radius 3 is 2.46 bits per heavy atom. The minimum absolute atomic E-state index is 0.0448. The molecular weight excluding hydrogens is 166 g/mol. The van der Waals surface area contributed by atoms with Gasteiger partial charge in [-0.1, -0.05) is 12.1 Å². The smallest absolute Gasteiger partial charge is 0.207 e. The standard InChI is InChI=1S/C10H13NO2/c1-8(11-7-12)9-3-5-10(13-2)6-4-9/h3-8H,1-2H3,(H,11,12)/t8-/m0/s1. The Balaban J connectivity index is 2.73. The summed E-state index contributed by atoms with van der Waals surface area (Å²) < 4.78 is 5.02. The van der Waals surface area contributed by atoms with Crippen LogP contribution in [0.4, 0.5) is 0 Å². The molecule has 13 heavy (non-hydrogen) atoms. The molecule has 0 saturated carbocycles. The molecule has 0 aromatic heterocycles. The molecule has 70 valence electrons. The number of rotatable bonds is 4. The summed E-state index contributed by atoms with van der Waals surface area (Å²) in [5.74, 6) is 0.821. The first kappa shape index (κ1) is 9.58. The predicted molar refractivity (Wildman–Crippen MR) is 50.6 cm³/mol. The third kappa shape index (κ3) is 2.47. The largest absolute Gasteiger partial charge is 0.497 e. The molecule has 1 rings (SSSR count). The van der Waals surface area contributed by atoms with Gasteiger partial charge >= 0.3 is 0 Å². The van der Waals surface area contributed by atoms with Gasteiger partial charge in [0.25, 0.3) is 0 Å². The van der Waals surface area contributed by atoms with Crippen LogP contribution in [0.5, 0.6) is 5.75 Å². The van der Waals surface area contributed by atoms with Crippen LogP contribution in [0.3, 0.4) is 0 Å². The highest BCUT2D eigenvalue weighted by Crippen LogP contribution is 2.16. The molecule has 1 N–H and O–H groups in total. The Morgan fingerprint density at radius 1 is 1.38 bits per heavy atom. The van der Waals surface area contributed by atoms with Gasteiger partial charge in [-0.3, -0.25) is 4.79 Å². The number of carbonyl (C=O) groups is 1. The molecule has 0 aliphatic carbocycles. The normalized spacial score (nSPS) is 11.8. The van der Waals surface area contributed by atoms with Gasteiger partial charge in [0.2, 0.25) is 6.41 Å². The summed E-state index contributed by atoms with van der Waals surface area (Å²) in [6, 6.07) is 7.65. The maximum atomic E-state index is 10.2. The molecule has 1 aromatic carbocycles. The number of methoxy groups -OCH3 is 1. The minimum atomic E-state index is 0.0448. The van der Waals surface area contributed by atoms with Gasteiger partial charge in [-0.25, -0.2) is 0 Å². The van der Waals surface area contributed by atoms with Gasteiger partial charge in [-0.2, -0.15) is 0 Å². The Labute approximate surface area is 77.7 Å². The van der Waals surface area contributed by atoms with Crippen molar-refractivity contribution >= 4 is 6.41 Å². The van der Waals surface area contributed by atoms with Crippen LogP contribution in [0.1, 0.15) is 18.5 Å². The van der Waals surface area contributed by atoms with E-state index in [1.165, 1.54) is 0 Å². The molecule has 0 saturated heterocycles. The van der Waals surface area contributed by atoms with Gasteiger partial charge in [0.1, 0.15) is 5.75 Å². The molecule has 1 amide bonds. The lowest BCUT2D eigenvalue weighted by atomic mass is 10.1. The first-order valence-electron chi connectivity index (χ1n) is 4.11. The lowest BCUT2D eigenvalue weighted by Crippen LogP contribution is -2.15. The van der Waals surface area contributed by atoms with Crippen molar-refractivity contribution in [3.8, 4) is 5.75 Å². The molecule has 0 radical (unpaired) electrons. The lowest BCUT2D eigenvalue weighted by Gasteiger charge is -2.10. The Bertz CT molecular complexity index is 269. The van der Waals surface area contributed by atoms with Crippen LogP contribution in [0, 0.1) is 0 Å². The van der Waals surface area contributed by atoms with E-state index >= 15 is 0 Å². The summed E-state index contributed by atoms with van der Waals surface area (Å²) in [6.07, 6.45) is 0.703. The van der Waals surface area contributed by atoms with Crippen molar-refractivity contribution in [3.63, 3.8) is 0 Å². The first-order valence-corrected chi connectivity index (χ1v) is 4.11. The van der Waals surface area contributed by atoms with Gasteiger partial charge in [-0.15, -0.1) is 0 Å². The predicted octanol–water partition coefficient (Wildman–Crippen LogP) is 1.50. The molecule has 0 fully saturated rings. The molecule has 0 spiro atoms. The van der Waals surface area contributed by atoms with E-state index in [9.17, 15) is 4.79 Å². The van der Waals surface area contributed by atoms with E-state index in [1.54, 1.807) is 7.11 Å². The van der Waals surface area contributed by atoms with Crippen LogP contribution in [-0.4, -0.2) is 13.5 Å². The summed E-state index contributed by atoms with van der Waals surface area (Å²) in [5.41, 5.74) is 1.06. The highest BCUT2D eigenvalue weighted by atomic mass is 16.5. The summed E-state index contributed by atoms with van der Waals surface area (Å²) in [6.45, 7) is 1.93. The van der Waals surface area contributed by atoms with Crippen molar-refractivity contribution in [3.05, 3.63) is 29.8 Å². The van der Waals surface area contributed by atoms with Crippen molar-refractivity contribution in [2.75, 3.05) is 7.11 Å². The topological polar surface area (TPSA) is 38.3 Å². The SMILES string of the molecule is COc1ccc([C@H](C)NC=O)cc1. The molecule has 1 atom stereocenters. The zero-order valence-corrected chi connectivity index (χ0v) is 7.78. The summed E-state index contributed by atoms with van der Waals surface area (Å²) in [4.78, 5) is 10.2.